The van der Waals surface area contributed by atoms with Gasteiger partial charge < -0.3 is 0 Å². The molecule has 31 heavy (non-hydrogen) atoms. The first-order valence-corrected chi connectivity index (χ1v) is 25.6. The van der Waals surface area contributed by atoms with Crippen molar-refractivity contribution >= 4 is 26.5 Å². The summed E-state index contributed by atoms with van der Waals surface area (Å²) in [6.07, 6.45) is 23.2. The van der Waals surface area contributed by atoms with E-state index in [1.54, 1.807) is 13.3 Å². The average Bonchev–Trinajstić information content (AvgIpc) is 2.75. The van der Waals surface area contributed by atoms with Crippen molar-refractivity contribution in [2.45, 2.75) is 147 Å². The normalized spacial score (nSPS) is 17.5. The molecule has 0 aromatic carbocycles. The van der Waals surface area contributed by atoms with Crippen molar-refractivity contribution in [3.05, 3.63) is 12.2 Å². The van der Waals surface area contributed by atoms with E-state index in [4.69, 9.17) is 4.74 Å². The fourth-order valence-electron chi connectivity index (χ4n) is 5.60. The van der Waals surface area contributed by atoms with Crippen LogP contribution in [0.5, 0.6) is 0 Å². The van der Waals surface area contributed by atoms with Gasteiger partial charge in [0.1, 0.15) is 0 Å². The summed E-state index contributed by atoms with van der Waals surface area (Å²) in [6, 6.07) is 1.32. The van der Waals surface area contributed by atoms with E-state index in [-0.39, 0.29) is 0 Å². The van der Waals surface area contributed by atoms with E-state index in [0.717, 1.165) is 12.5 Å². The second-order valence-corrected chi connectivity index (χ2v) is 31.0. The van der Waals surface area contributed by atoms with E-state index < -0.39 is 26.5 Å². The molecule has 0 radical (unpaired) electrons. The van der Waals surface area contributed by atoms with Gasteiger partial charge in [-0.2, -0.15) is 0 Å². The van der Waals surface area contributed by atoms with Crippen LogP contribution in [0.15, 0.2) is 12.2 Å². The molecule has 1 atom stereocenters. The predicted octanol–water partition coefficient (Wildman–Crippen LogP) is 10.0. The van der Waals surface area contributed by atoms with Crippen molar-refractivity contribution in [1.29, 1.82) is 0 Å². The summed E-state index contributed by atoms with van der Waals surface area (Å²) < 4.78 is 12.6. The molecule has 0 amide bonds. The van der Waals surface area contributed by atoms with E-state index in [2.05, 4.69) is 52.6 Å². The third-order valence-corrected chi connectivity index (χ3v) is 25.8. The molecule has 184 valence electrons. The number of rotatable bonds is 18. The van der Waals surface area contributed by atoms with Gasteiger partial charge in [0.2, 0.25) is 0 Å². The molecule has 1 unspecified atom stereocenters. The monoisotopic (exact) mass is 558 g/mol. The Bertz CT molecular complexity index is 429. The van der Waals surface area contributed by atoms with Gasteiger partial charge >= 0.3 is 203 Å². The van der Waals surface area contributed by atoms with Crippen LogP contribution in [-0.4, -0.2) is 37.2 Å². The van der Waals surface area contributed by atoms with Crippen LogP contribution in [0.3, 0.4) is 0 Å². The Morgan fingerprint density at radius 1 is 0.806 bits per heavy atom. The van der Waals surface area contributed by atoms with Crippen LogP contribution in [0.2, 0.25) is 39.0 Å². The zero-order chi connectivity index (χ0) is 23.0. The Labute approximate surface area is 202 Å². The molecular formula is C28H58OSiSn. The molecule has 0 heterocycles. The van der Waals surface area contributed by atoms with Crippen molar-refractivity contribution in [3.8, 4) is 0 Å². The van der Waals surface area contributed by atoms with E-state index >= 15 is 0 Å². The molecule has 0 saturated heterocycles. The molecule has 0 aliphatic heterocycles. The minimum absolute atomic E-state index is 0.713. The SMILES string of the molecule is CCC[CH2][Sn]([CH2]CCC)([CH2]CCC)[CH](OCCC/C=C/C[Si](C)(C)C)C1CCCCC1. The second kappa shape index (κ2) is 17.2. The van der Waals surface area contributed by atoms with Crippen molar-refractivity contribution < 1.29 is 4.74 Å². The van der Waals surface area contributed by atoms with E-state index in [9.17, 15) is 0 Å². The van der Waals surface area contributed by atoms with Gasteiger partial charge in [-0.25, -0.2) is 0 Å². The zero-order valence-electron chi connectivity index (χ0n) is 22.4. The van der Waals surface area contributed by atoms with E-state index in [1.807, 2.05) is 0 Å². The molecule has 0 bridgehead atoms. The molecule has 0 N–H and O–H groups in total. The van der Waals surface area contributed by atoms with Crippen LogP contribution in [0.25, 0.3) is 0 Å². The minimum atomic E-state index is -2.35. The summed E-state index contributed by atoms with van der Waals surface area (Å²) in [6.45, 7) is 15.6. The maximum absolute atomic E-state index is 7.05. The Hall–Kier alpha value is 0.716. The van der Waals surface area contributed by atoms with E-state index in [0.29, 0.717) is 4.12 Å². The number of hydrogen-bond acceptors (Lipinski definition) is 1. The standard InChI is InChI=1S/C16H31OSi.3C4H9.Sn/c1-18(2,3)14-10-5-4-9-13-17-15-16-11-7-6-8-12-16;3*1-3-4-2;/h5,10,15-16H,4,6-9,11-14H2,1-3H3;3*1,3-4H2,2H3;/b10-5+;;;;. The number of hydrogen-bond donors (Lipinski definition) is 0. The molecule has 1 saturated carbocycles. The molecule has 0 aromatic rings. The molecule has 1 rings (SSSR count). The molecule has 1 aliphatic carbocycles. The van der Waals surface area contributed by atoms with Crippen LogP contribution < -0.4 is 0 Å². The van der Waals surface area contributed by atoms with Gasteiger partial charge in [0.25, 0.3) is 0 Å². The van der Waals surface area contributed by atoms with Crippen LogP contribution in [-0.2, 0) is 4.74 Å². The fourth-order valence-corrected chi connectivity index (χ4v) is 25.3. The van der Waals surface area contributed by atoms with Gasteiger partial charge in [-0.15, -0.1) is 0 Å². The van der Waals surface area contributed by atoms with Gasteiger partial charge in [-0.05, 0) is 0 Å². The Kier molecular flexibility index (Phi) is 16.5. The summed E-state index contributed by atoms with van der Waals surface area (Å²) in [5.41, 5.74) is 0. The Morgan fingerprint density at radius 2 is 1.35 bits per heavy atom. The molecular weight excluding hydrogens is 499 g/mol. The molecule has 0 spiro atoms. The summed E-state index contributed by atoms with van der Waals surface area (Å²) in [4.78, 5) is 0. The summed E-state index contributed by atoms with van der Waals surface area (Å²) in [5.74, 6) is 0.901. The van der Waals surface area contributed by atoms with Gasteiger partial charge in [-0.1, -0.05) is 0 Å². The summed E-state index contributed by atoms with van der Waals surface area (Å²) >= 11 is -2.35. The fraction of sp³-hybridized carbons (Fsp3) is 0.929. The van der Waals surface area contributed by atoms with Crippen LogP contribution in [0.1, 0.15) is 104 Å². The Morgan fingerprint density at radius 3 is 1.84 bits per heavy atom. The van der Waals surface area contributed by atoms with Gasteiger partial charge in [0, 0.05) is 0 Å². The molecule has 0 aromatic heterocycles. The predicted molar refractivity (Wildman–Crippen MR) is 148 cm³/mol. The third kappa shape index (κ3) is 12.7. The first-order valence-electron chi connectivity index (χ1n) is 14.1. The van der Waals surface area contributed by atoms with Crippen molar-refractivity contribution in [1.82, 2.24) is 0 Å². The molecule has 3 heteroatoms. The summed E-state index contributed by atoms with van der Waals surface area (Å²) in [7, 11) is -0.939. The third-order valence-electron chi connectivity index (χ3n) is 7.48. The van der Waals surface area contributed by atoms with E-state index in [1.165, 1.54) is 89.5 Å². The molecule has 1 fully saturated rings. The van der Waals surface area contributed by atoms with Crippen LogP contribution in [0, 0.1) is 5.92 Å². The van der Waals surface area contributed by atoms with Crippen LogP contribution in [0.4, 0.5) is 0 Å². The van der Waals surface area contributed by atoms with Gasteiger partial charge in [-0.3, -0.25) is 0 Å². The zero-order valence-corrected chi connectivity index (χ0v) is 26.3. The molecule has 1 nitrogen and oxygen atoms in total. The number of ether oxygens (including phenoxy) is 1. The summed E-state index contributed by atoms with van der Waals surface area (Å²) in [5, 5.41) is 0. The molecule has 1 aliphatic rings. The first-order chi connectivity index (χ1) is 14.9. The van der Waals surface area contributed by atoms with Crippen molar-refractivity contribution in [2.24, 2.45) is 5.92 Å². The van der Waals surface area contributed by atoms with Crippen LogP contribution >= 0.6 is 0 Å². The number of allylic oxidation sites excluding steroid dienone is 2. The average molecular weight is 558 g/mol. The quantitative estimate of drug-likeness (QED) is 0.0926. The van der Waals surface area contributed by atoms with Gasteiger partial charge in [0.15, 0.2) is 0 Å². The number of unbranched alkanes of at least 4 members (excludes halogenated alkanes) is 4. The maximum atomic E-state index is 7.05. The second-order valence-electron chi connectivity index (χ2n) is 11.7. The Balaban J connectivity index is 2.86. The van der Waals surface area contributed by atoms with Crippen molar-refractivity contribution in [3.63, 3.8) is 0 Å². The topological polar surface area (TPSA) is 9.23 Å². The van der Waals surface area contributed by atoms with Gasteiger partial charge in [0.05, 0.1) is 0 Å². The first kappa shape index (κ1) is 29.7. The van der Waals surface area contributed by atoms with Crippen molar-refractivity contribution in [2.75, 3.05) is 6.61 Å².